The van der Waals surface area contributed by atoms with Crippen LogP contribution in [0.1, 0.15) is 41.5 Å². The highest BCUT2D eigenvalue weighted by Gasteiger charge is 2.46. The van der Waals surface area contributed by atoms with Crippen molar-refractivity contribution in [3.05, 3.63) is 47.4 Å². The minimum absolute atomic E-state index is 0.0611. The Bertz CT molecular complexity index is 771. The summed E-state index contributed by atoms with van der Waals surface area (Å²) < 4.78 is 59.0. The van der Waals surface area contributed by atoms with Gasteiger partial charge in [0, 0.05) is 12.5 Å². The highest BCUT2D eigenvalue weighted by molar-refractivity contribution is 5.88. The van der Waals surface area contributed by atoms with Gasteiger partial charge in [-0.3, -0.25) is 0 Å². The van der Waals surface area contributed by atoms with Gasteiger partial charge in [-0.1, -0.05) is 12.1 Å². The lowest BCUT2D eigenvalue weighted by Gasteiger charge is -2.33. The molecule has 1 aromatic carbocycles. The third kappa shape index (κ3) is 3.45. The van der Waals surface area contributed by atoms with Gasteiger partial charge >= 0.3 is 12.1 Å². The zero-order chi connectivity index (χ0) is 18.2. The van der Waals surface area contributed by atoms with E-state index in [1.54, 1.807) is 6.92 Å². The highest BCUT2D eigenvalue weighted by Crippen LogP contribution is 2.43. The van der Waals surface area contributed by atoms with Gasteiger partial charge in [0.1, 0.15) is 11.6 Å². The fourth-order valence-corrected chi connectivity index (χ4v) is 2.79. The molecule has 134 valence electrons. The first-order chi connectivity index (χ1) is 11.8. The molecule has 9 heteroatoms. The number of ether oxygens (including phenoxy) is 1. The Morgan fingerprint density at radius 1 is 1.36 bits per heavy atom. The SMILES string of the molecule is CCOC(=O)c1cc2n(n1)[C@H](C(F)(F)F)C[C@H](c1ccc(F)cc1)N2. The van der Waals surface area contributed by atoms with Gasteiger partial charge in [0.25, 0.3) is 0 Å². The predicted molar refractivity (Wildman–Crippen MR) is 80.7 cm³/mol. The van der Waals surface area contributed by atoms with Gasteiger partial charge < -0.3 is 10.1 Å². The first kappa shape index (κ1) is 17.2. The van der Waals surface area contributed by atoms with Crippen molar-refractivity contribution < 1.29 is 27.1 Å². The number of carbonyl (C=O) groups excluding carboxylic acids is 1. The number of rotatable bonds is 3. The standard InChI is InChI=1S/C16H15F4N3O2/c1-2-25-15(24)12-8-14-21-11(9-3-5-10(17)6-4-9)7-13(16(18,19)20)23(14)22-12/h3-6,8,11,13,21H,2,7H2,1H3/t11-,13+/m1/s1. The summed E-state index contributed by atoms with van der Waals surface area (Å²) in [5.41, 5.74) is 0.319. The maximum absolute atomic E-state index is 13.5. The smallest absolute Gasteiger partial charge is 0.410 e. The predicted octanol–water partition coefficient (Wildman–Crippen LogP) is 3.86. The van der Waals surface area contributed by atoms with Gasteiger partial charge in [0.2, 0.25) is 0 Å². The molecule has 0 radical (unpaired) electrons. The molecule has 5 nitrogen and oxygen atoms in total. The lowest BCUT2D eigenvalue weighted by atomic mass is 9.97. The molecule has 2 atom stereocenters. The van der Waals surface area contributed by atoms with E-state index in [1.165, 1.54) is 30.3 Å². The lowest BCUT2D eigenvalue weighted by molar-refractivity contribution is -0.173. The summed E-state index contributed by atoms with van der Waals surface area (Å²) in [5.74, 6) is -1.20. The van der Waals surface area contributed by atoms with Crippen LogP contribution < -0.4 is 5.32 Å². The number of hydrogen-bond acceptors (Lipinski definition) is 4. The molecule has 0 aliphatic carbocycles. The molecule has 1 aliphatic rings. The second-order valence-corrected chi connectivity index (χ2v) is 5.62. The topological polar surface area (TPSA) is 56.2 Å². The Morgan fingerprint density at radius 2 is 2.04 bits per heavy atom. The molecule has 0 amide bonds. The van der Waals surface area contributed by atoms with E-state index in [2.05, 4.69) is 10.4 Å². The van der Waals surface area contributed by atoms with Crippen LogP contribution in [0.4, 0.5) is 23.4 Å². The van der Waals surface area contributed by atoms with E-state index >= 15 is 0 Å². The molecule has 0 bridgehead atoms. The number of aromatic nitrogens is 2. The highest BCUT2D eigenvalue weighted by atomic mass is 19.4. The summed E-state index contributed by atoms with van der Waals surface area (Å²) in [4.78, 5) is 11.8. The van der Waals surface area contributed by atoms with E-state index in [0.29, 0.717) is 5.56 Å². The van der Waals surface area contributed by atoms with Crippen molar-refractivity contribution in [3.63, 3.8) is 0 Å². The number of esters is 1. The van der Waals surface area contributed by atoms with Crippen LogP contribution in [0.2, 0.25) is 0 Å². The van der Waals surface area contributed by atoms with Gasteiger partial charge in [0.15, 0.2) is 11.7 Å². The Kier molecular flexibility index (Phi) is 4.40. The molecule has 3 rings (SSSR count). The molecule has 0 fully saturated rings. The maximum atomic E-state index is 13.5. The zero-order valence-corrected chi connectivity index (χ0v) is 13.2. The summed E-state index contributed by atoms with van der Waals surface area (Å²) in [7, 11) is 0. The molecule has 0 spiro atoms. The molecule has 1 aliphatic heterocycles. The molecule has 0 saturated carbocycles. The molecule has 0 unspecified atom stereocenters. The van der Waals surface area contributed by atoms with E-state index in [9.17, 15) is 22.4 Å². The van der Waals surface area contributed by atoms with Crippen molar-refractivity contribution in [3.8, 4) is 0 Å². The van der Waals surface area contributed by atoms with E-state index in [-0.39, 0.29) is 24.5 Å². The Hall–Kier alpha value is -2.58. The molecular weight excluding hydrogens is 342 g/mol. The number of fused-ring (bicyclic) bond motifs is 1. The number of anilines is 1. The van der Waals surface area contributed by atoms with Crippen LogP contribution in [0.5, 0.6) is 0 Å². The molecule has 1 N–H and O–H groups in total. The quantitative estimate of drug-likeness (QED) is 0.670. The van der Waals surface area contributed by atoms with Gasteiger partial charge in [-0.05, 0) is 24.6 Å². The first-order valence-electron chi connectivity index (χ1n) is 7.65. The number of alkyl halides is 3. The summed E-state index contributed by atoms with van der Waals surface area (Å²) in [6.07, 6.45) is -4.88. The van der Waals surface area contributed by atoms with Crippen LogP contribution in [0.15, 0.2) is 30.3 Å². The minimum atomic E-state index is -4.55. The molecule has 2 heterocycles. The van der Waals surface area contributed by atoms with Crippen molar-refractivity contribution in [1.29, 1.82) is 0 Å². The normalized spacial score (nSPS) is 19.9. The summed E-state index contributed by atoms with van der Waals surface area (Å²) in [6, 6.07) is 3.88. The van der Waals surface area contributed by atoms with Crippen LogP contribution in [0.3, 0.4) is 0 Å². The van der Waals surface area contributed by atoms with E-state index in [1.807, 2.05) is 0 Å². The van der Waals surface area contributed by atoms with E-state index in [4.69, 9.17) is 4.74 Å². The average Bonchev–Trinajstić information content (AvgIpc) is 2.98. The Balaban J connectivity index is 1.97. The van der Waals surface area contributed by atoms with Crippen LogP contribution in [0.25, 0.3) is 0 Å². The van der Waals surface area contributed by atoms with Gasteiger partial charge in [-0.2, -0.15) is 18.3 Å². The van der Waals surface area contributed by atoms with Crippen LogP contribution in [0, 0.1) is 5.82 Å². The van der Waals surface area contributed by atoms with Crippen LogP contribution in [-0.2, 0) is 4.74 Å². The van der Waals surface area contributed by atoms with Gasteiger partial charge in [-0.25, -0.2) is 13.9 Å². The molecule has 25 heavy (non-hydrogen) atoms. The molecule has 0 saturated heterocycles. The monoisotopic (exact) mass is 357 g/mol. The Labute approximate surface area is 140 Å². The lowest BCUT2D eigenvalue weighted by Crippen LogP contribution is -2.35. The third-order valence-electron chi connectivity index (χ3n) is 3.95. The van der Waals surface area contributed by atoms with Gasteiger partial charge in [-0.15, -0.1) is 0 Å². The number of nitrogens with one attached hydrogen (secondary N) is 1. The van der Waals surface area contributed by atoms with Crippen LogP contribution in [-0.4, -0.2) is 28.5 Å². The fourth-order valence-electron chi connectivity index (χ4n) is 2.79. The summed E-state index contributed by atoms with van der Waals surface area (Å²) in [5, 5.41) is 6.68. The molecule has 2 aromatic rings. The van der Waals surface area contributed by atoms with Crippen molar-refractivity contribution >= 4 is 11.8 Å². The Morgan fingerprint density at radius 3 is 2.64 bits per heavy atom. The van der Waals surface area contributed by atoms with Crippen molar-refractivity contribution in [2.75, 3.05) is 11.9 Å². The minimum Gasteiger partial charge on any atom is -0.461 e. The second-order valence-electron chi connectivity index (χ2n) is 5.62. The van der Waals surface area contributed by atoms with Crippen molar-refractivity contribution in [1.82, 2.24) is 9.78 Å². The van der Waals surface area contributed by atoms with Crippen molar-refractivity contribution in [2.45, 2.75) is 31.6 Å². The van der Waals surface area contributed by atoms with Crippen molar-refractivity contribution in [2.24, 2.45) is 0 Å². The fraction of sp³-hybridized carbons (Fsp3) is 0.375. The zero-order valence-electron chi connectivity index (χ0n) is 13.2. The second kappa shape index (κ2) is 6.38. The number of halogens is 4. The number of hydrogen-bond donors (Lipinski definition) is 1. The number of benzene rings is 1. The number of carbonyl (C=O) groups is 1. The molecule has 1 aromatic heterocycles. The van der Waals surface area contributed by atoms with Gasteiger partial charge in [0.05, 0.1) is 12.6 Å². The largest absolute Gasteiger partial charge is 0.461 e. The van der Waals surface area contributed by atoms with E-state index in [0.717, 1.165) is 4.68 Å². The van der Waals surface area contributed by atoms with E-state index < -0.39 is 30.0 Å². The third-order valence-corrected chi connectivity index (χ3v) is 3.95. The maximum Gasteiger partial charge on any atom is 0.410 e. The van der Waals surface area contributed by atoms with Crippen LogP contribution >= 0.6 is 0 Å². The summed E-state index contributed by atoms with van der Waals surface area (Å²) >= 11 is 0. The first-order valence-corrected chi connectivity index (χ1v) is 7.65. The number of nitrogens with zero attached hydrogens (tertiary/aromatic N) is 2. The summed E-state index contributed by atoms with van der Waals surface area (Å²) in [6.45, 7) is 1.69. The average molecular weight is 357 g/mol. The molecular formula is C16H15F4N3O2.